The number of benzene rings is 6. The number of fused-ring (bicyclic) bond motifs is 1. The van der Waals surface area contributed by atoms with Crippen LogP contribution in [-0.4, -0.2) is 17.1 Å². The second-order valence-corrected chi connectivity index (χ2v) is 34.5. The molecule has 88 heavy (non-hydrogen) atoms. The van der Waals surface area contributed by atoms with E-state index in [2.05, 4.69) is 190 Å². The lowest BCUT2D eigenvalue weighted by molar-refractivity contribution is -0.182. The van der Waals surface area contributed by atoms with Gasteiger partial charge in [0.2, 0.25) is 5.79 Å². The maximum atomic E-state index is 17.0. The molecule has 0 spiro atoms. The lowest BCUT2D eigenvalue weighted by atomic mass is 9.67. The molecule has 13 heteroatoms. The number of ether oxygens (including phenoxy) is 2. The first-order valence-electron chi connectivity index (χ1n) is 30.7. The molecule has 0 unspecified atom stereocenters. The molecule has 2 aliphatic rings. The molecule has 1 N–H and O–H groups in total. The zero-order chi connectivity index (χ0) is 66.4. The molecule has 2 atom stereocenters. The Labute approximate surface area is 521 Å². The van der Waals surface area contributed by atoms with Crippen LogP contribution in [0.2, 0.25) is 0 Å². The van der Waals surface area contributed by atoms with Crippen molar-refractivity contribution in [3.8, 4) is 0 Å². The summed E-state index contributed by atoms with van der Waals surface area (Å²) >= 11 is 0. The number of rotatable bonds is 6. The van der Waals surface area contributed by atoms with Gasteiger partial charge in [0.25, 0.3) is 0 Å². The molecule has 2 heterocycles. The van der Waals surface area contributed by atoms with Crippen LogP contribution in [0.5, 0.6) is 0 Å². The van der Waals surface area contributed by atoms with Crippen LogP contribution in [0, 0.1) is 0 Å². The molecule has 0 bridgehead atoms. The largest absolute Gasteiger partial charge is 0.474 e. The Morgan fingerprint density at radius 2 is 0.489 bits per heavy atom. The van der Waals surface area contributed by atoms with Crippen LogP contribution in [0.15, 0.2) is 121 Å². The van der Waals surface area contributed by atoms with Crippen molar-refractivity contribution in [2.24, 2.45) is 0 Å². The second kappa shape index (κ2) is 21.8. The second-order valence-electron chi connectivity index (χ2n) is 33.2. The molecule has 0 aromatic heterocycles. The summed E-state index contributed by atoms with van der Waals surface area (Å²) < 4.78 is 137. The van der Waals surface area contributed by atoms with E-state index in [9.17, 15) is 31.2 Å². The van der Waals surface area contributed by atoms with Gasteiger partial charge in [-0.3, -0.25) is 9.05 Å². The highest BCUT2D eigenvalue weighted by atomic mass is 31.2. The topological polar surface area (TPSA) is 74.2 Å². The number of phosphoric acid groups is 1. The fraction of sp³-hybridized carbons (Fsp3) is 0.520. The van der Waals surface area contributed by atoms with E-state index in [0.29, 0.717) is 22.3 Å². The highest BCUT2D eigenvalue weighted by Crippen LogP contribution is 2.69. The van der Waals surface area contributed by atoms with Gasteiger partial charge in [-0.05, 0) is 134 Å². The van der Waals surface area contributed by atoms with Crippen LogP contribution >= 0.6 is 7.82 Å². The van der Waals surface area contributed by atoms with Crippen LogP contribution in [0.1, 0.15) is 255 Å². The first-order valence-corrected chi connectivity index (χ1v) is 32.1. The zero-order valence-electron chi connectivity index (χ0n) is 56.4. The van der Waals surface area contributed by atoms with E-state index in [0.717, 1.165) is 68.8 Å². The van der Waals surface area contributed by atoms with Gasteiger partial charge in [-0.2, -0.15) is 26.3 Å². The molecule has 2 saturated heterocycles. The first-order chi connectivity index (χ1) is 39.5. The SMILES string of the molecule is CC(C)(C)c1cc(C(C)(C)C)cc(C2(c3cc(C(C)(C)C)cc(C(C)(C)C)c3)OP(=O)(O)OC(c3cc(C(C)(C)C)cc(C(C)(C)C)c3)(c3cc(C(C)(C)C)cc(C(C)(C)C)c3)[C@@H]3OC(c4ccc(C(F)(F)F)cc4)(c4ccc(C(F)(F)F)cc4)O[C@H]32)c1. The fourth-order valence-electron chi connectivity index (χ4n) is 11.8. The van der Waals surface area contributed by atoms with E-state index in [1.807, 2.05) is 48.5 Å². The summed E-state index contributed by atoms with van der Waals surface area (Å²) in [7, 11) is -5.68. The number of hydrogen-bond donors (Lipinski definition) is 1. The fourth-order valence-corrected chi connectivity index (χ4v) is 13.2. The molecule has 6 aromatic carbocycles. The Morgan fingerprint density at radius 3 is 0.648 bits per heavy atom. The lowest BCUT2D eigenvalue weighted by Crippen LogP contribution is -2.54. The molecule has 8 rings (SSSR count). The molecular weight excluding hydrogens is 1140 g/mol. The van der Waals surface area contributed by atoms with Crippen molar-refractivity contribution in [3.05, 3.63) is 210 Å². The standard InChI is InChI=1S/C75H95F6O6P/c1-63(2,3)49-33-50(64(4,5)6)38-57(37-49)71(58-39-51(65(7,8)9)34-52(40-58)66(10,11)12)61-62(85-73(84-61,45-25-29-47(30-26-45)74(76,77)78)46-27-31-48(32-28-46)75(79,80)81)72(87-88(82,83)86-71,59-41-53(67(13,14)15)35-54(42-59)68(16,17)18)60-43-55(69(19,20)21)36-56(44-60)70(22,23)24/h25-44,61-62H,1-24H3,(H,82,83)/t61-,62-/m1/s1. The van der Waals surface area contributed by atoms with Crippen LogP contribution in [0.3, 0.4) is 0 Å². The molecular formula is C75H95F6O6P. The summed E-state index contributed by atoms with van der Waals surface area (Å²) in [6.45, 7) is 49.8. The average Bonchev–Trinajstić information content (AvgIpc) is 1.56. The van der Waals surface area contributed by atoms with Crippen LogP contribution in [0.25, 0.3) is 0 Å². The monoisotopic (exact) mass is 1240 g/mol. The Bertz CT molecular complexity index is 3110. The van der Waals surface area contributed by atoms with Crippen molar-refractivity contribution < 1.29 is 54.3 Å². The van der Waals surface area contributed by atoms with Crippen molar-refractivity contribution >= 4 is 7.82 Å². The average molecular weight is 1240 g/mol. The van der Waals surface area contributed by atoms with E-state index < -0.39 is 104 Å². The predicted octanol–water partition coefficient (Wildman–Crippen LogP) is 21.1. The normalized spacial score (nSPS) is 19.5. The van der Waals surface area contributed by atoms with Gasteiger partial charge < -0.3 is 14.4 Å². The Kier molecular flexibility index (Phi) is 17.0. The van der Waals surface area contributed by atoms with Crippen molar-refractivity contribution in [3.63, 3.8) is 0 Å². The number of phosphoric ester groups is 1. The molecule has 6 aromatic rings. The van der Waals surface area contributed by atoms with Gasteiger partial charge >= 0.3 is 20.2 Å². The predicted molar refractivity (Wildman–Crippen MR) is 342 cm³/mol. The third kappa shape index (κ3) is 13.3. The minimum absolute atomic E-state index is 0.0152. The number of alkyl halides is 6. The highest BCUT2D eigenvalue weighted by molar-refractivity contribution is 7.47. The van der Waals surface area contributed by atoms with E-state index in [1.54, 1.807) is 0 Å². The maximum Gasteiger partial charge on any atom is 0.474 e. The Hall–Kier alpha value is -5.07. The molecule has 2 fully saturated rings. The van der Waals surface area contributed by atoms with Gasteiger partial charge in [-0.1, -0.05) is 263 Å². The number of halogens is 6. The third-order valence-corrected chi connectivity index (χ3v) is 18.8. The molecule has 2 aliphatic heterocycles. The summed E-state index contributed by atoms with van der Waals surface area (Å²) in [5, 5.41) is 0. The van der Waals surface area contributed by atoms with Crippen molar-refractivity contribution in [1.29, 1.82) is 0 Å². The Balaban J connectivity index is 1.76. The van der Waals surface area contributed by atoms with E-state index in [-0.39, 0.29) is 11.1 Å². The van der Waals surface area contributed by atoms with Gasteiger partial charge in [0.05, 0.1) is 11.1 Å². The van der Waals surface area contributed by atoms with Crippen molar-refractivity contribution in [2.45, 2.75) is 251 Å². The summed E-state index contributed by atoms with van der Waals surface area (Å²) in [6.07, 6.45) is -13.0. The van der Waals surface area contributed by atoms with Gasteiger partial charge in [0.1, 0.15) is 12.2 Å². The smallest absolute Gasteiger partial charge is 0.332 e. The van der Waals surface area contributed by atoms with Gasteiger partial charge in [-0.25, -0.2) is 4.57 Å². The number of hydrogen-bond acceptors (Lipinski definition) is 5. The van der Waals surface area contributed by atoms with Crippen molar-refractivity contribution in [2.75, 3.05) is 0 Å². The van der Waals surface area contributed by atoms with Gasteiger partial charge in [0.15, 0.2) is 11.2 Å². The molecule has 0 aliphatic carbocycles. The minimum Gasteiger partial charge on any atom is -0.332 e. The van der Waals surface area contributed by atoms with Gasteiger partial charge in [-0.15, -0.1) is 0 Å². The maximum absolute atomic E-state index is 17.0. The highest BCUT2D eigenvalue weighted by Gasteiger charge is 2.71. The van der Waals surface area contributed by atoms with E-state index in [4.69, 9.17) is 18.5 Å². The van der Waals surface area contributed by atoms with E-state index >= 15 is 4.57 Å². The third-order valence-electron chi connectivity index (χ3n) is 17.7. The summed E-state index contributed by atoms with van der Waals surface area (Å²) in [6, 6.07) is 32.7. The summed E-state index contributed by atoms with van der Waals surface area (Å²) in [5.41, 5.74) is -3.08. The molecule has 6 nitrogen and oxygen atoms in total. The minimum atomic E-state index is -5.68. The quantitative estimate of drug-likeness (QED) is 0.132. The summed E-state index contributed by atoms with van der Waals surface area (Å²) in [4.78, 5) is 13.8. The van der Waals surface area contributed by atoms with Crippen LogP contribution < -0.4 is 0 Å². The molecule has 0 saturated carbocycles. The van der Waals surface area contributed by atoms with Gasteiger partial charge in [0, 0.05) is 11.1 Å². The first kappa shape index (κ1) is 68.8. The Morgan fingerprint density at radius 1 is 0.307 bits per heavy atom. The summed E-state index contributed by atoms with van der Waals surface area (Å²) in [5.74, 6) is -2.43. The molecule has 478 valence electrons. The van der Waals surface area contributed by atoms with Crippen LogP contribution in [0.4, 0.5) is 26.3 Å². The zero-order valence-corrected chi connectivity index (χ0v) is 57.3. The van der Waals surface area contributed by atoms with Crippen LogP contribution in [-0.2, 0) is 95.7 Å². The van der Waals surface area contributed by atoms with Crippen molar-refractivity contribution in [1.82, 2.24) is 0 Å². The molecule has 0 amide bonds. The lowest BCUT2D eigenvalue weighted by Gasteiger charge is -2.43. The molecule has 0 radical (unpaired) electrons. The van der Waals surface area contributed by atoms with E-state index in [1.165, 1.54) is 24.3 Å².